The first-order chi connectivity index (χ1) is 10.3. The third kappa shape index (κ3) is 3.87. The zero-order valence-electron chi connectivity index (χ0n) is 13.4. The summed E-state index contributed by atoms with van der Waals surface area (Å²) in [5.74, 6) is -2.27. The number of hydrogen-bond acceptors (Lipinski definition) is 5. The number of carbonyl (C=O) groups is 2. The Kier molecular flexibility index (Phi) is 6.16. The Morgan fingerprint density at radius 2 is 1.64 bits per heavy atom. The molecule has 1 atom stereocenters. The summed E-state index contributed by atoms with van der Waals surface area (Å²) in [6.07, 6.45) is 1.87. The Morgan fingerprint density at radius 3 is 2.00 bits per heavy atom. The average Bonchev–Trinajstić information content (AvgIpc) is 2.51. The molecule has 0 radical (unpaired) electrons. The van der Waals surface area contributed by atoms with Crippen molar-refractivity contribution in [1.29, 1.82) is 0 Å². The number of phenols is 1. The first-order valence-electron chi connectivity index (χ1n) is 6.94. The van der Waals surface area contributed by atoms with Gasteiger partial charge in [0.05, 0.1) is 14.2 Å². The lowest BCUT2D eigenvalue weighted by atomic mass is 9.87. The van der Waals surface area contributed by atoms with E-state index < -0.39 is 17.9 Å². The van der Waals surface area contributed by atoms with Gasteiger partial charge in [-0.3, -0.25) is 9.59 Å². The number of methoxy groups -OCH3 is 2. The van der Waals surface area contributed by atoms with Crippen LogP contribution in [-0.2, 0) is 19.1 Å². The molecule has 0 saturated heterocycles. The zero-order valence-corrected chi connectivity index (χ0v) is 13.4. The van der Waals surface area contributed by atoms with Crippen LogP contribution in [0.1, 0.15) is 29.0 Å². The van der Waals surface area contributed by atoms with Crippen LogP contribution in [0.2, 0.25) is 0 Å². The maximum Gasteiger partial charge on any atom is 0.320 e. The van der Waals surface area contributed by atoms with Gasteiger partial charge in [0.2, 0.25) is 0 Å². The van der Waals surface area contributed by atoms with E-state index in [-0.39, 0.29) is 18.1 Å². The summed E-state index contributed by atoms with van der Waals surface area (Å²) in [4.78, 5) is 23.6. The minimum Gasteiger partial charge on any atom is -0.507 e. The molecule has 0 bridgehead atoms. The first kappa shape index (κ1) is 17.8. The van der Waals surface area contributed by atoms with E-state index in [1.807, 2.05) is 12.1 Å². The van der Waals surface area contributed by atoms with E-state index in [9.17, 15) is 14.7 Å². The van der Waals surface area contributed by atoms with Crippen molar-refractivity contribution in [2.24, 2.45) is 5.92 Å². The summed E-state index contributed by atoms with van der Waals surface area (Å²) < 4.78 is 9.34. The number of aromatic hydroxyl groups is 1. The third-order valence-electron chi connectivity index (χ3n) is 3.69. The van der Waals surface area contributed by atoms with Gasteiger partial charge < -0.3 is 14.6 Å². The van der Waals surface area contributed by atoms with Gasteiger partial charge in [0, 0.05) is 5.92 Å². The molecule has 0 amide bonds. The van der Waals surface area contributed by atoms with Crippen molar-refractivity contribution in [1.82, 2.24) is 0 Å². The lowest BCUT2D eigenvalue weighted by molar-refractivity contribution is -0.159. The summed E-state index contributed by atoms with van der Waals surface area (Å²) in [6, 6.07) is 3.64. The van der Waals surface area contributed by atoms with Crippen LogP contribution < -0.4 is 0 Å². The van der Waals surface area contributed by atoms with Gasteiger partial charge >= 0.3 is 11.9 Å². The quantitative estimate of drug-likeness (QED) is 0.497. The maximum absolute atomic E-state index is 11.8. The fourth-order valence-electron chi connectivity index (χ4n) is 2.40. The van der Waals surface area contributed by atoms with E-state index in [1.54, 1.807) is 19.9 Å². The van der Waals surface area contributed by atoms with E-state index >= 15 is 0 Å². The average molecular weight is 306 g/mol. The molecule has 5 heteroatoms. The summed E-state index contributed by atoms with van der Waals surface area (Å²) in [5, 5.41) is 9.85. The molecule has 120 valence electrons. The van der Waals surface area contributed by atoms with Crippen molar-refractivity contribution in [3.05, 3.63) is 41.5 Å². The minimum atomic E-state index is -1.01. The van der Waals surface area contributed by atoms with E-state index in [0.29, 0.717) is 0 Å². The van der Waals surface area contributed by atoms with Crippen LogP contribution in [0.25, 0.3) is 0 Å². The normalized spacial score (nSPS) is 11.9. The highest BCUT2D eigenvalue weighted by atomic mass is 16.5. The van der Waals surface area contributed by atoms with Gasteiger partial charge in [-0.15, -0.1) is 6.58 Å². The molecule has 0 spiro atoms. The highest BCUT2D eigenvalue weighted by Crippen LogP contribution is 2.31. The van der Waals surface area contributed by atoms with Crippen molar-refractivity contribution >= 4 is 11.9 Å². The number of aryl methyl sites for hydroxylation is 2. The number of benzene rings is 1. The second-order valence-corrected chi connectivity index (χ2v) is 5.18. The van der Waals surface area contributed by atoms with Crippen LogP contribution in [0.5, 0.6) is 5.75 Å². The monoisotopic (exact) mass is 306 g/mol. The Hall–Kier alpha value is -2.30. The molecule has 1 N–H and O–H groups in total. The molecule has 1 rings (SSSR count). The van der Waals surface area contributed by atoms with E-state index in [4.69, 9.17) is 0 Å². The van der Waals surface area contributed by atoms with Gasteiger partial charge in [0.25, 0.3) is 0 Å². The van der Waals surface area contributed by atoms with Gasteiger partial charge in [0.1, 0.15) is 5.75 Å². The number of hydrogen-bond donors (Lipinski definition) is 1. The predicted octanol–water partition coefficient (Wildman–Crippen LogP) is 2.63. The van der Waals surface area contributed by atoms with E-state index in [2.05, 4.69) is 16.1 Å². The van der Waals surface area contributed by atoms with Crippen molar-refractivity contribution in [3.63, 3.8) is 0 Å². The third-order valence-corrected chi connectivity index (χ3v) is 3.69. The topological polar surface area (TPSA) is 72.8 Å². The molecule has 22 heavy (non-hydrogen) atoms. The molecule has 1 aromatic rings. The highest BCUT2D eigenvalue weighted by Gasteiger charge is 2.31. The standard InChI is InChI=1S/C17H22O5/c1-6-12(9-14(16(19)21-4)17(20)22-5)13-7-10(2)15(18)11(3)8-13/h6-8,12,14,18H,1,9H2,2-5H3. The molecule has 5 nitrogen and oxygen atoms in total. The molecule has 0 aromatic heterocycles. The Balaban J connectivity index is 3.12. The SMILES string of the molecule is C=CC(CC(C(=O)OC)C(=O)OC)c1cc(C)c(O)c(C)c1. The van der Waals surface area contributed by atoms with Crippen molar-refractivity contribution in [3.8, 4) is 5.75 Å². The molecule has 0 aliphatic carbocycles. The number of phenolic OH excluding ortho intramolecular Hbond substituents is 1. The Labute approximate surface area is 130 Å². The molecule has 0 aliphatic rings. The maximum atomic E-state index is 11.8. The van der Waals surface area contributed by atoms with Gasteiger partial charge in [-0.25, -0.2) is 0 Å². The molecule has 1 aromatic carbocycles. The van der Waals surface area contributed by atoms with E-state index in [1.165, 1.54) is 14.2 Å². The summed E-state index contributed by atoms with van der Waals surface area (Å²) in [6.45, 7) is 7.37. The Bertz CT molecular complexity index is 537. The predicted molar refractivity (Wildman–Crippen MR) is 82.7 cm³/mol. The fourth-order valence-corrected chi connectivity index (χ4v) is 2.40. The number of esters is 2. The Morgan fingerprint density at radius 1 is 1.18 bits per heavy atom. The largest absolute Gasteiger partial charge is 0.507 e. The van der Waals surface area contributed by atoms with Crippen LogP contribution in [-0.4, -0.2) is 31.3 Å². The summed E-state index contributed by atoms with van der Waals surface area (Å²) >= 11 is 0. The minimum absolute atomic E-state index is 0.201. The number of carbonyl (C=O) groups excluding carboxylic acids is 2. The van der Waals surface area contributed by atoms with Gasteiger partial charge in [-0.1, -0.05) is 18.2 Å². The molecule has 0 heterocycles. The molecule has 1 unspecified atom stereocenters. The lowest BCUT2D eigenvalue weighted by Gasteiger charge is -2.19. The summed E-state index contributed by atoms with van der Waals surface area (Å²) in [7, 11) is 2.46. The molecular formula is C17H22O5. The molecule has 0 fully saturated rings. The fraction of sp³-hybridized carbons (Fsp3) is 0.412. The van der Waals surface area contributed by atoms with Crippen LogP contribution in [0.3, 0.4) is 0 Å². The van der Waals surface area contributed by atoms with Gasteiger partial charge in [-0.05, 0) is 37.0 Å². The molecule has 0 saturated carbocycles. The summed E-state index contributed by atoms with van der Waals surface area (Å²) in [5.41, 5.74) is 2.34. The smallest absolute Gasteiger partial charge is 0.320 e. The zero-order chi connectivity index (χ0) is 16.9. The lowest BCUT2D eigenvalue weighted by Crippen LogP contribution is -2.28. The van der Waals surface area contributed by atoms with Gasteiger partial charge in [-0.2, -0.15) is 0 Å². The highest BCUT2D eigenvalue weighted by molar-refractivity contribution is 5.94. The van der Waals surface area contributed by atoms with Crippen LogP contribution >= 0.6 is 0 Å². The van der Waals surface area contributed by atoms with Gasteiger partial charge in [0.15, 0.2) is 5.92 Å². The number of allylic oxidation sites excluding steroid dienone is 1. The van der Waals surface area contributed by atoms with Crippen LogP contribution in [0, 0.1) is 19.8 Å². The molecule has 0 aliphatic heterocycles. The number of rotatable bonds is 6. The molecular weight excluding hydrogens is 284 g/mol. The van der Waals surface area contributed by atoms with Crippen LogP contribution in [0.4, 0.5) is 0 Å². The van der Waals surface area contributed by atoms with Crippen LogP contribution in [0.15, 0.2) is 24.8 Å². The van der Waals surface area contributed by atoms with E-state index in [0.717, 1.165) is 16.7 Å². The second kappa shape index (κ2) is 7.64. The van der Waals surface area contributed by atoms with Crippen molar-refractivity contribution in [2.75, 3.05) is 14.2 Å². The second-order valence-electron chi connectivity index (χ2n) is 5.18. The van der Waals surface area contributed by atoms with Crippen molar-refractivity contribution < 1.29 is 24.2 Å². The first-order valence-corrected chi connectivity index (χ1v) is 6.94. The van der Waals surface area contributed by atoms with Crippen molar-refractivity contribution in [2.45, 2.75) is 26.2 Å². The number of ether oxygens (including phenoxy) is 2.